The van der Waals surface area contributed by atoms with Crippen LogP contribution in [0, 0.1) is 11.6 Å². The molecule has 0 bridgehead atoms. The molecule has 1 aliphatic heterocycles. The highest BCUT2D eigenvalue weighted by atomic mass is 32.2. The molecule has 0 aliphatic carbocycles. The van der Waals surface area contributed by atoms with Crippen LogP contribution in [0.4, 0.5) is 8.78 Å². The summed E-state index contributed by atoms with van der Waals surface area (Å²) in [5.74, 6) is -3.55. The van der Waals surface area contributed by atoms with Gasteiger partial charge in [-0.1, -0.05) is 30.0 Å². The number of carbonyl (C=O) groups excluding carboxylic acids is 2. The monoisotopic (exact) mass is 482 g/mol. The van der Waals surface area contributed by atoms with Crippen LogP contribution in [0.5, 0.6) is 0 Å². The largest absolute Gasteiger partial charge is 0.481 e. The van der Waals surface area contributed by atoms with Crippen molar-refractivity contribution in [3.8, 4) is 11.1 Å². The van der Waals surface area contributed by atoms with Crippen LogP contribution in [0.1, 0.15) is 17.7 Å². The summed E-state index contributed by atoms with van der Waals surface area (Å²) in [6.07, 6.45) is 1.49. The fourth-order valence-electron chi connectivity index (χ4n) is 2.69. The van der Waals surface area contributed by atoms with Crippen LogP contribution in [0.15, 0.2) is 34.6 Å². The lowest BCUT2D eigenvalue weighted by atomic mass is 10.1. The summed E-state index contributed by atoms with van der Waals surface area (Å²) < 4.78 is 26.9. The van der Waals surface area contributed by atoms with E-state index >= 15 is 0 Å². The standard InChI is InChI=1S/C20H16F2N2O4S3/c21-14-2-1-11(8-15(14)22)12-7-13(30-10-12)9-16-19(28)24(20(29)31-16)6-4-17(25)23-5-3-18(26)27/h1-2,7-10H,3-6H2,(H,23,25)(H,26,27)/b16-9-. The van der Waals surface area contributed by atoms with Crippen molar-refractivity contribution in [2.75, 3.05) is 13.1 Å². The molecular weight excluding hydrogens is 466 g/mol. The first-order valence-electron chi connectivity index (χ1n) is 9.02. The van der Waals surface area contributed by atoms with Gasteiger partial charge in [-0.2, -0.15) is 0 Å². The first kappa shape index (κ1) is 23.0. The Bertz CT molecular complexity index is 1080. The quantitative estimate of drug-likeness (QED) is 0.439. The lowest BCUT2D eigenvalue weighted by Gasteiger charge is -2.13. The second kappa shape index (κ2) is 10.1. The van der Waals surface area contributed by atoms with E-state index in [4.69, 9.17) is 17.3 Å². The number of thioether (sulfide) groups is 1. The maximum atomic E-state index is 13.5. The number of benzene rings is 1. The Kier molecular flexibility index (Phi) is 7.52. The van der Waals surface area contributed by atoms with Crippen molar-refractivity contribution < 1.29 is 28.3 Å². The molecule has 31 heavy (non-hydrogen) atoms. The molecule has 0 radical (unpaired) electrons. The Morgan fingerprint density at radius 2 is 1.94 bits per heavy atom. The molecule has 3 rings (SSSR count). The molecule has 2 heterocycles. The summed E-state index contributed by atoms with van der Waals surface area (Å²) in [5.41, 5.74) is 1.22. The lowest BCUT2D eigenvalue weighted by molar-refractivity contribution is -0.137. The van der Waals surface area contributed by atoms with E-state index in [1.165, 1.54) is 22.3 Å². The van der Waals surface area contributed by atoms with Crippen LogP contribution in [0.3, 0.4) is 0 Å². The number of halogens is 2. The van der Waals surface area contributed by atoms with Gasteiger partial charge < -0.3 is 10.4 Å². The van der Waals surface area contributed by atoms with Crippen molar-refractivity contribution in [3.05, 3.63) is 51.1 Å². The van der Waals surface area contributed by atoms with E-state index in [1.54, 1.807) is 17.5 Å². The van der Waals surface area contributed by atoms with Gasteiger partial charge in [-0.15, -0.1) is 11.3 Å². The number of rotatable bonds is 8. The summed E-state index contributed by atoms with van der Waals surface area (Å²) in [6, 6.07) is 5.41. The van der Waals surface area contributed by atoms with Crippen molar-refractivity contribution >= 4 is 63.5 Å². The van der Waals surface area contributed by atoms with Crippen LogP contribution in [-0.2, 0) is 14.4 Å². The minimum atomic E-state index is -1.01. The first-order valence-corrected chi connectivity index (χ1v) is 11.1. The van der Waals surface area contributed by atoms with E-state index in [-0.39, 0.29) is 37.7 Å². The Morgan fingerprint density at radius 1 is 1.16 bits per heavy atom. The molecule has 0 atom stereocenters. The van der Waals surface area contributed by atoms with E-state index in [0.717, 1.165) is 28.8 Å². The first-order chi connectivity index (χ1) is 14.7. The van der Waals surface area contributed by atoms with Gasteiger partial charge in [-0.25, -0.2) is 8.78 Å². The fourth-order valence-corrected chi connectivity index (χ4v) is 4.91. The van der Waals surface area contributed by atoms with Crippen molar-refractivity contribution in [1.82, 2.24) is 10.2 Å². The minimum absolute atomic E-state index is 0.00137. The van der Waals surface area contributed by atoms with Gasteiger partial charge >= 0.3 is 5.97 Å². The van der Waals surface area contributed by atoms with Gasteiger partial charge in [0.25, 0.3) is 5.91 Å². The maximum Gasteiger partial charge on any atom is 0.305 e. The fraction of sp³-hybridized carbons (Fsp3) is 0.200. The summed E-state index contributed by atoms with van der Waals surface area (Å²) in [6.45, 7) is 0.108. The molecule has 1 aromatic heterocycles. The molecule has 162 valence electrons. The van der Waals surface area contributed by atoms with Crippen molar-refractivity contribution in [2.45, 2.75) is 12.8 Å². The lowest BCUT2D eigenvalue weighted by Crippen LogP contribution is -2.34. The van der Waals surface area contributed by atoms with Gasteiger partial charge in [0.15, 0.2) is 11.6 Å². The molecule has 2 N–H and O–H groups in total. The number of thiophene rings is 1. The number of nitrogens with zero attached hydrogens (tertiary/aromatic N) is 1. The average Bonchev–Trinajstić information content (AvgIpc) is 3.27. The van der Waals surface area contributed by atoms with Crippen LogP contribution in [-0.4, -0.2) is 45.2 Å². The predicted molar refractivity (Wildman–Crippen MR) is 119 cm³/mol. The molecule has 0 unspecified atom stereocenters. The molecule has 11 heteroatoms. The third-order valence-electron chi connectivity index (χ3n) is 4.24. The molecule has 1 saturated heterocycles. The molecule has 1 aromatic carbocycles. The van der Waals surface area contributed by atoms with Gasteiger partial charge in [0, 0.05) is 24.4 Å². The van der Waals surface area contributed by atoms with Gasteiger partial charge in [-0.05, 0) is 40.8 Å². The normalized spacial score (nSPS) is 15.0. The van der Waals surface area contributed by atoms with E-state index in [9.17, 15) is 23.2 Å². The SMILES string of the molecule is O=C(O)CCNC(=O)CCN1C(=O)/C(=C/c2cc(-c3ccc(F)c(F)c3)cs2)SC1=S. The highest BCUT2D eigenvalue weighted by Crippen LogP contribution is 2.35. The van der Waals surface area contributed by atoms with E-state index in [1.807, 2.05) is 0 Å². The molecule has 1 aliphatic rings. The molecular formula is C20H16F2N2O4S3. The number of carboxylic acid groups (broad SMARTS) is 1. The Morgan fingerprint density at radius 3 is 2.65 bits per heavy atom. The van der Waals surface area contributed by atoms with E-state index in [2.05, 4.69) is 5.32 Å². The van der Waals surface area contributed by atoms with Crippen molar-refractivity contribution in [2.24, 2.45) is 0 Å². The number of thiocarbonyl (C=S) groups is 1. The third-order valence-corrected chi connectivity index (χ3v) is 6.50. The second-order valence-corrected chi connectivity index (χ2v) is 9.06. The van der Waals surface area contributed by atoms with Gasteiger partial charge in [-0.3, -0.25) is 19.3 Å². The summed E-state index contributed by atoms with van der Waals surface area (Å²) in [7, 11) is 0. The zero-order chi connectivity index (χ0) is 22.5. The summed E-state index contributed by atoms with van der Waals surface area (Å²) in [5, 5.41) is 12.8. The van der Waals surface area contributed by atoms with E-state index in [0.29, 0.717) is 20.4 Å². The molecule has 1 fully saturated rings. The van der Waals surface area contributed by atoms with Gasteiger partial charge in [0.1, 0.15) is 4.32 Å². The number of carboxylic acids is 1. The highest BCUT2D eigenvalue weighted by molar-refractivity contribution is 8.26. The van der Waals surface area contributed by atoms with Crippen LogP contribution >= 0.6 is 35.3 Å². The number of carbonyl (C=O) groups is 3. The second-order valence-electron chi connectivity index (χ2n) is 6.44. The summed E-state index contributed by atoms with van der Waals surface area (Å²) >= 11 is 7.70. The number of hydrogen-bond donors (Lipinski definition) is 2. The zero-order valence-electron chi connectivity index (χ0n) is 15.9. The smallest absolute Gasteiger partial charge is 0.305 e. The Hall–Kier alpha value is -2.63. The minimum Gasteiger partial charge on any atom is -0.481 e. The number of hydrogen-bond acceptors (Lipinski definition) is 6. The van der Waals surface area contributed by atoms with Crippen LogP contribution < -0.4 is 5.32 Å². The zero-order valence-corrected chi connectivity index (χ0v) is 18.3. The molecule has 2 amide bonds. The van der Waals surface area contributed by atoms with Crippen molar-refractivity contribution in [3.63, 3.8) is 0 Å². The molecule has 0 spiro atoms. The topological polar surface area (TPSA) is 86.7 Å². The predicted octanol–water partition coefficient (Wildman–Crippen LogP) is 3.88. The average molecular weight is 483 g/mol. The van der Waals surface area contributed by atoms with E-state index < -0.39 is 17.6 Å². The maximum absolute atomic E-state index is 13.5. The molecule has 2 aromatic rings. The van der Waals surface area contributed by atoms with Crippen molar-refractivity contribution in [1.29, 1.82) is 0 Å². The number of aliphatic carboxylic acids is 1. The van der Waals surface area contributed by atoms with Crippen LogP contribution in [0.2, 0.25) is 0 Å². The third kappa shape index (κ3) is 5.96. The van der Waals surface area contributed by atoms with Crippen LogP contribution in [0.25, 0.3) is 17.2 Å². The van der Waals surface area contributed by atoms with Gasteiger partial charge in [0.2, 0.25) is 5.91 Å². The number of nitrogens with one attached hydrogen (secondary N) is 1. The molecule has 6 nitrogen and oxygen atoms in total. The van der Waals surface area contributed by atoms with Gasteiger partial charge in [0.05, 0.1) is 11.3 Å². The highest BCUT2D eigenvalue weighted by Gasteiger charge is 2.32. The number of amides is 2. The Labute approximate surface area is 189 Å². The Balaban J connectivity index is 1.62. The molecule has 0 saturated carbocycles. The summed E-state index contributed by atoms with van der Waals surface area (Å²) in [4.78, 5) is 37.4.